The average molecular weight is 463 g/mol. The highest BCUT2D eigenvalue weighted by molar-refractivity contribution is 7.55. The summed E-state index contributed by atoms with van der Waals surface area (Å²) in [7, 11) is -3.97. The second-order valence-corrected chi connectivity index (χ2v) is 8.57. The van der Waals surface area contributed by atoms with Crippen LogP contribution in [-0.4, -0.2) is 51.1 Å². The molecule has 0 saturated carbocycles. The molecule has 1 aromatic carbocycles. The molecule has 0 amide bonds. The van der Waals surface area contributed by atoms with E-state index in [1.165, 1.54) is 18.2 Å². The molecule has 0 radical (unpaired) electrons. The van der Waals surface area contributed by atoms with Crippen LogP contribution in [0, 0.1) is 5.82 Å². The van der Waals surface area contributed by atoms with E-state index in [0.717, 1.165) is 12.3 Å². The zero-order valence-electron chi connectivity index (χ0n) is 15.6. The van der Waals surface area contributed by atoms with Crippen molar-refractivity contribution in [2.45, 2.75) is 30.5 Å². The van der Waals surface area contributed by atoms with Crippen molar-refractivity contribution in [2.75, 3.05) is 18.3 Å². The molecule has 2 aliphatic rings. The summed E-state index contributed by atoms with van der Waals surface area (Å²) >= 11 is 0. The molecule has 1 aromatic heterocycles. The highest BCUT2D eigenvalue weighted by Crippen LogP contribution is 2.57. The lowest BCUT2D eigenvalue weighted by molar-refractivity contribution is -0.140. The third-order valence-corrected chi connectivity index (χ3v) is 6.30. The zero-order chi connectivity index (χ0) is 22.4. The van der Waals surface area contributed by atoms with Crippen LogP contribution < -0.4 is 10.8 Å². The van der Waals surface area contributed by atoms with Crippen molar-refractivity contribution in [1.82, 2.24) is 9.55 Å². The van der Waals surface area contributed by atoms with Crippen molar-refractivity contribution in [3.05, 3.63) is 58.4 Å². The van der Waals surface area contributed by atoms with Gasteiger partial charge in [-0.25, -0.2) is 13.8 Å². The fourth-order valence-corrected chi connectivity index (χ4v) is 4.66. The third kappa shape index (κ3) is 4.12. The van der Waals surface area contributed by atoms with Gasteiger partial charge in [0.1, 0.15) is 23.8 Å². The summed E-state index contributed by atoms with van der Waals surface area (Å²) in [5.74, 6) is -4.66. The van der Waals surface area contributed by atoms with Crippen molar-refractivity contribution in [3.63, 3.8) is 0 Å². The Morgan fingerprint density at radius 1 is 1.35 bits per heavy atom. The lowest BCUT2D eigenvalue weighted by Gasteiger charge is -2.21. The Morgan fingerprint density at radius 2 is 2.13 bits per heavy atom. The fourth-order valence-electron chi connectivity index (χ4n) is 3.23. The van der Waals surface area contributed by atoms with Gasteiger partial charge in [-0.2, -0.15) is 13.8 Å². The van der Waals surface area contributed by atoms with Crippen molar-refractivity contribution >= 4 is 13.6 Å². The number of alkyl halides is 2. The summed E-state index contributed by atoms with van der Waals surface area (Å²) in [4.78, 5) is 15.8. The minimum Gasteiger partial charge on any atom is -0.394 e. The predicted octanol–water partition coefficient (Wildman–Crippen LogP) is 1.58. The van der Waals surface area contributed by atoms with Crippen LogP contribution in [0.2, 0.25) is 0 Å². The number of ether oxygens (including phenoxy) is 1. The first-order valence-electron chi connectivity index (χ1n) is 9.01. The van der Waals surface area contributed by atoms with Gasteiger partial charge in [0, 0.05) is 6.20 Å². The van der Waals surface area contributed by atoms with Gasteiger partial charge in [-0.1, -0.05) is 12.1 Å². The number of aliphatic hydroxyl groups is 2. The Bertz CT molecular complexity index is 1080. The molecular formula is C17H17F3N3O7P. The molecule has 5 atom stereocenters. The van der Waals surface area contributed by atoms with Gasteiger partial charge >= 0.3 is 19.4 Å². The Balaban J connectivity index is 1.50. The van der Waals surface area contributed by atoms with Crippen molar-refractivity contribution in [1.29, 1.82) is 0 Å². The van der Waals surface area contributed by atoms with E-state index in [2.05, 4.69) is 10.1 Å². The number of halogens is 3. The normalized spacial score (nSPS) is 32.3. The zero-order valence-corrected chi connectivity index (χ0v) is 16.5. The quantitative estimate of drug-likeness (QED) is 0.566. The van der Waals surface area contributed by atoms with Crippen LogP contribution in [0.15, 0.2) is 41.3 Å². The lowest BCUT2D eigenvalue weighted by atomic mass is 10.1. The molecule has 2 aromatic rings. The van der Waals surface area contributed by atoms with E-state index in [1.54, 1.807) is 6.07 Å². The maximum absolute atomic E-state index is 14.2. The third-order valence-electron chi connectivity index (χ3n) is 4.78. The standard InChI is InChI=1S/C17H17F3N3O7P/c18-10-3-1-2-9(6-10)12-8-28-31(27,30-12)22-13-4-5-23(16(26)21-13)15-17(19,20)14(25)11(7-24)29-15/h1-6,11-12,14-15,24-25H,7-8H2,(H,21,22,26,27)/t11-,12?,14-,15-,31?/m1/s1. The van der Waals surface area contributed by atoms with Gasteiger partial charge in [0.2, 0.25) is 6.23 Å². The van der Waals surface area contributed by atoms with Gasteiger partial charge < -0.3 is 14.9 Å². The van der Waals surface area contributed by atoms with Gasteiger partial charge in [-0.05, 0) is 23.8 Å². The van der Waals surface area contributed by atoms with Crippen LogP contribution in [0.4, 0.5) is 19.0 Å². The van der Waals surface area contributed by atoms with E-state index in [0.29, 0.717) is 10.1 Å². The van der Waals surface area contributed by atoms with E-state index >= 15 is 0 Å². The number of aliphatic hydroxyl groups excluding tert-OH is 2. The highest BCUT2D eigenvalue weighted by atomic mass is 31.2. The predicted molar refractivity (Wildman–Crippen MR) is 97.9 cm³/mol. The highest BCUT2D eigenvalue weighted by Gasteiger charge is 2.59. The van der Waals surface area contributed by atoms with Gasteiger partial charge in [0.25, 0.3) is 0 Å². The number of nitrogens with zero attached hydrogens (tertiary/aromatic N) is 2. The van der Waals surface area contributed by atoms with E-state index in [9.17, 15) is 27.6 Å². The number of benzene rings is 1. The topological polar surface area (TPSA) is 132 Å². The fraction of sp³-hybridized carbons (Fsp3) is 0.412. The molecule has 0 aliphatic carbocycles. The molecule has 2 unspecified atom stereocenters. The summed E-state index contributed by atoms with van der Waals surface area (Å²) in [6.07, 6.45) is -6.03. The second kappa shape index (κ2) is 8.01. The molecule has 4 rings (SSSR count). The number of nitrogens with one attached hydrogen (secondary N) is 1. The van der Waals surface area contributed by atoms with Gasteiger partial charge in [0.15, 0.2) is 6.10 Å². The molecule has 31 heavy (non-hydrogen) atoms. The van der Waals surface area contributed by atoms with Crippen LogP contribution in [0.25, 0.3) is 0 Å². The smallest absolute Gasteiger partial charge is 0.394 e. The largest absolute Gasteiger partial charge is 0.434 e. The summed E-state index contributed by atoms with van der Waals surface area (Å²) in [6.45, 7) is -1.03. The number of anilines is 1. The molecule has 10 nitrogen and oxygen atoms in total. The van der Waals surface area contributed by atoms with Crippen LogP contribution >= 0.6 is 7.75 Å². The number of aromatic nitrogens is 2. The Labute approximate surface area is 172 Å². The van der Waals surface area contributed by atoms with Crippen molar-refractivity contribution in [2.24, 2.45) is 0 Å². The number of rotatable bonds is 5. The summed E-state index contributed by atoms with van der Waals surface area (Å²) < 4.78 is 70.4. The van der Waals surface area contributed by atoms with E-state index < -0.39 is 56.3 Å². The molecule has 14 heteroatoms. The molecule has 2 saturated heterocycles. The summed E-state index contributed by atoms with van der Waals surface area (Å²) in [5, 5.41) is 20.9. The van der Waals surface area contributed by atoms with Crippen LogP contribution in [-0.2, 0) is 18.3 Å². The van der Waals surface area contributed by atoms with Crippen LogP contribution in [0.3, 0.4) is 0 Å². The van der Waals surface area contributed by atoms with Crippen molar-refractivity contribution in [3.8, 4) is 0 Å². The first-order chi connectivity index (χ1) is 14.6. The summed E-state index contributed by atoms with van der Waals surface area (Å²) in [5.41, 5.74) is -0.812. The van der Waals surface area contributed by atoms with E-state index in [-0.39, 0.29) is 12.4 Å². The van der Waals surface area contributed by atoms with E-state index in [1.807, 2.05) is 0 Å². The molecular weight excluding hydrogens is 446 g/mol. The van der Waals surface area contributed by atoms with Gasteiger partial charge in [0.05, 0.1) is 13.2 Å². The van der Waals surface area contributed by atoms with Crippen LogP contribution in [0.5, 0.6) is 0 Å². The number of hydrogen-bond donors (Lipinski definition) is 3. The Hall–Kier alpha value is -2.28. The SMILES string of the molecule is O=c1nc(NP2(=O)OCC(c3cccc(F)c3)O2)ccn1[C@@H]1O[C@H](CO)[C@@H](O)C1(F)F. The maximum atomic E-state index is 14.2. The Kier molecular flexibility index (Phi) is 5.66. The molecule has 2 fully saturated rings. The average Bonchev–Trinajstić information content (AvgIpc) is 3.20. The minimum atomic E-state index is -3.97. The molecule has 168 valence electrons. The van der Waals surface area contributed by atoms with E-state index in [4.69, 9.17) is 18.9 Å². The molecule has 2 aliphatic heterocycles. The number of hydrogen-bond acceptors (Lipinski definition) is 8. The molecule has 0 spiro atoms. The lowest BCUT2D eigenvalue weighted by Crippen LogP contribution is -2.41. The van der Waals surface area contributed by atoms with Crippen LogP contribution in [0.1, 0.15) is 17.9 Å². The second-order valence-electron chi connectivity index (χ2n) is 6.89. The Morgan fingerprint density at radius 3 is 2.77 bits per heavy atom. The molecule has 0 bridgehead atoms. The minimum absolute atomic E-state index is 0.159. The van der Waals surface area contributed by atoms with Gasteiger partial charge in [-0.3, -0.25) is 18.7 Å². The van der Waals surface area contributed by atoms with Gasteiger partial charge in [-0.15, -0.1) is 0 Å². The first kappa shape index (κ1) is 21.9. The first-order valence-corrected chi connectivity index (χ1v) is 10.6. The molecule has 3 heterocycles. The monoisotopic (exact) mass is 463 g/mol. The summed E-state index contributed by atoms with van der Waals surface area (Å²) in [6, 6.07) is 6.49. The molecule has 3 N–H and O–H groups in total. The van der Waals surface area contributed by atoms with Crippen molar-refractivity contribution < 1.29 is 41.7 Å². The maximum Gasteiger partial charge on any atom is 0.434 e.